The van der Waals surface area contributed by atoms with E-state index in [-0.39, 0.29) is 0 Å². The van der Waals surface area contributed by atoms with E-state index in [1.165, 1.54) is 5.69 Å². The number of furan rings is 1. The maximum Gasteiger partial charge on any atom is 0.490 e. The number of hydrogen-bond acceptors (Lipinski definition) is 7. The number of alkyl halides is 3. The number of aliphatic carboxylic acids is 1. The van der Waals surface area contributed by atoms with Crippen LogP contribution in [0.5, 0.6) is 0 Å². The number of halogens is 3. The molecule has 0 radical (unpaired) electrons. The molecule has 0 bridgehead atoms. The molecule has 3 aromatic heterocycles. The Morgan fingerprint density at radius 3 is 2.50 bits per heavy atom. The molecule has 12 heteroatoms. The summed E-state index contributed by atoms with van der Waals surface area (Å²) in [6, 6.07) is 5.78. The Bertz CT molecular complexity index is 992. The topological polar surface area (TPSA) is 101 Å². The van der Waals surface area contributed by atoms with Crippen LogP contribution < -0.4 is 4.90 Å². The molecule has 3 aromatic rings. The van der Waals surface area contributed by atoms with Gasteiger partial charge in [0.15, 0.2) is 0 Å². The van der Waals surface area contributed by atoms with Crippen molar-refractivity contribution < 1.29 is 27.5 Å². The summed E-state index contributed by atoms with van der Waals surface area (Å²) in [4.78, 5) is 26.7. The van der Waals surface area contributed by atoms with Gasteiger partial charge in [0, 0.05) is 51.2 Å². The second kappa shape index (κ2) is 10.3. The minimum atomic E-state index is -5.08. The first-order chi connectivity index (χ1) is 15.2. The highest BCUT2D eigenvalue weighted by atomic mass is 19.4. The number of rotatable bonds is 5. The highest BCUT2D eigenvalue weighted by Gasteiger charge is 2.38. The van der Waals surface area contributed by atoms with Gasteiger partial charge >= 0.3 is 12.1 Å². The third kappa shape index (κ3) is 6.30. The average molecular weight is 452 g/mol. The molecule has 0 spiro atoms. The number of hydrogen-bond donors (Lipinski definition) is 1. The van der Waals surface area contributed by atoms with Gasteiger partial charge in [-0.1, -0.05) is 0 Å². The Morgan fingerprint density at radius 1 is 1.16 bits per heavy atom. The number of anilines is 1. The third-order valence-corrected chi connectivity index (χ3v) is 4.73. The zero-order chi connectivity index (χ0) is 23.1. The normalized spacial score (nSPS) is 13.8. The van der Waals surface area contributed by atoms with Crippen molar-refractivity contribution in [3.05, 3.63) is 60.3 Å². The summed E-state index contributed by atoms with van der Waals surface area (Å²) in [7, 11) is 2.10. The molecule has 0 saturated heterocycles. The van der Waals surface area contributed by atoms with Gasteiger partial charge in [-0.15, -0.1) is 0 Å². The second-order valence-corrected chi connectivity index (χ2v) is 7.16. The van der Waals surface area contributed by atoms with E-state index in [0.717, 1.165) is 56.7 Å². The lowest BCUT2D eigenvalue weighted by atomic mass is 10.3. The molecular weight excluding hydrogens is 429 g/mol. The van der Waals surface area contributed by atoms with Gasteiger partial charge in [0.1, 0.15) is 11.6 Å². The monoisotopic (exact) mass is 452 g/mol. The Labute approximate surface area is 182 Å². The molecule has 0 atom stereocenters. The summed E-state index contributed by atoms with van der Waals surface area (Å²) in [6.45, 7) is 4.31. The Balaban J connectivity index is 0.000000360. The fraction of sp³-hybridized carbons (Fsp3) is 0.400. The number of imidazole rings is 1. The van der Waals surface area contributed by atoms with Crippen LogP contribution in [0.25, 0.3) is 0 Å². The van der Waals surface area contributed by atoms with Gasteiger partial charge in [0.2, 0.25) is 5.95 Å². The molecule has 0 unspecified atom stereocenters. The van der Waals surface area contributed by atoms with Crippen molar-refractivity contribution in [3.63, 3.8) is 0 Å². The summed E-state index contributed by atoms with van der Waals surface area (Å²) in [5.41, 5.74) is 1.24. The Hall–Kier alpha value is -3.41. The van der Waals surface area contributed by atoms with Gasteiger partial charge in [-0.2, -0.15) is 13.2 Å². The van der Waals surface area contributed by atoms with Crippen LogP contribution in [0.2, 0.25) is 0 Å². The van der Waals surface area contributed by atoms with Gasteiger partial charge in [-0.3, -0.25) is 4.90 Å². The van der Waals surface area contributed by atoms with E-state index in [1.807, 2.05) is 24.4 Å². The minimum Gasteiger partial charge on any atom is -0.475 e. The SMILES string of the molecule is CN(Cc1ccco1)Cc1cnc2n1CCN(c1ncccn1)CC2.O=C(O)C(F)(F)F. The van der Waals surface area contributed by atoms with Crippen molar-refractivity contribution in [2.75, 3.05) is 25.0 Å². The van der Waals surface area contributed by atoms with E-state index >= 15 is 0 Å². The molecule has 1 N–H and O–H groups in total. The summed E-state index contributed by atoms with van der Waals surface area (Å²) in [5.74, 6) is 0.155. The predicted octanol–water partition coefficient (Wildman–Crippen LogP) is 2.59. The average Bonchev–Trinajstić information content (AvgIpc) is 3.33. The first kappa shape index (κ1) is 23.3. The molecule has 4 heterocycles. The van der Waals surface area contributed by atoms with Gasteiger partial charge in [0.25, 0.3) is 0 Å². The summed E-state index contributed by atoms with van der Waals surface area (Å²) < 4.78 is 39.5. The largest absolute Gasteiger partial charge is 0.490 e. The predicted molar refractivity (Wildman–Crippen MR) is 108 cm³/mol. The Morgan fingerprint density at radius 2 is 1.88 bits per heavy atom. The number of carboxylic acids is 1. The molecule has 1 aliphatic heterocycles. The lowest BCUT2D eigenvalue weighted by molar-refractivity contribution is -0.192. The van der Waals surface area contributed by atoms with Crippen molar-refractivity contribution in [3.8, 4) is 0 Å². The second-order valence-electron chi connectivity index (χ2n) is 7.16. The highest BCUT2D eigenvalue weighted by Crippen LogP contribution is 2.17. The zero-order valence-corrected chi connectivity index (χ0v) is 17.4. The first-order valence-corrected chi connectivity index (χ1v) is 9.80. The molecule has 0 amide bonds. The smallest absolute Gasteiger partial charge is 0.475 e. The zero-order valence-electron chi connectivity index (χ0n) is 17.4. The fourth-order valence-corrected chi connectivity index (χ4v) is 3.28. The summed E-state index contributed by atoms with van der Waals surface area (Å²) in [6.07, 6.45) is 3.12. The lowest BCUT2D eigenvalue weighted by Gasteiger charge is -2.20. The van der Waals surface area contributed by atoms with Gasteiger partial charge < -0.3 is 19.0 Å². The minimum absolute atomic E-state index is 0.789. The number of carboxylic acid groups (broad SMARTS) is 1. The molecule has 0 aliphatic carbocycles. The van der Waals surface area contributed by atoms with Crippen LogP contribution >= 0.6 is 0 Å². The van der Waals surface area contributed by atoms with Gasteiger partial charge in [-0.25, -0.2) is 19.7 Å². The fourth-order valence-electron chi connectivity index (χ4n) is 3.28. The van der Waals surface area contributed by atoms with Crippen molar-refractivity contribution >= 4 is 11.9 Å². The number of aromatic nitrogens is 4. The molecule has 0 aromatic carbocycles. The molecule has 0 fully saturated rings. The van der Waals surface area contributed by atoms with Crippen LogP contribution in [-0.4, -0.2) is 61.8 Å². The van der Waals surface area contributed by atoms with Crippen LogP contribution in [0.1, 0.15) is 17.3 Å². The highest BCUT2D eigenvalue weighted by molar-refractivity contribution is 5.73. The molecule has 32 heavy (non-hydrogen) atoms. The quantitative estimate of drug-likeness (QED) is 0.631. The van der Waals surface area contributed by atoms with E-state index in [0.29, 0.717) is 0 Å². The van der Waals surface area contributed by atoms with Crippen molar-refractivity contribution in [1.29, 1.82) is 0 Å². The van der Waals surface area contributed by atoms with Crippen molar-refractivity contribution in [2.45, 2.75) is 32.2 Å². The molecule has 0 saturated carbocycles. The maximum atomic E-state index is 10.6. The van der Waals surface area contributed by atoms with Crippen LogP contribution in [0, 0.1) is 0 Å². The van der Waals surface area contributed by atoms with Crippen molar-refractivity contribution in [1.82, 2.24) is 24.4 Å². The number of carbonyl (C=O) groups is 1. The third-order valence-electron chi connectivity index (χ3n) is 4.73. The van der Waals surface area contributed by atoms with E-state index < -0.39 is 12.1 Å². The molecule has 4 rings (SSSR count). The summed E-state index contributed by atoms with van der Waals surface area (Å²) >= 11 is 0. The van der Waals surface area contributed by atoms with E-state index in [9.17, 15) is 13.2 Å². The summed E-state index contributed by atoms with van der Waals surface area (Å²) in [5, 5.41) is 7.12. The van der Waals surface area contributed by atoms with E-state index in [2.05, 4.69) is 36.4 Å². The standard InChI is InChI=1S/C18H22N6O.C2HF3O2/c1-22(14-16-4-2-11-25-16)13-15-12-21-17-5-8-23(9-10-24(15)17)18-19-6-3-7-20-18;3-2(4,5)1(6)7/h2-4,6-7,11-12H,5,8-10,13-14H2,1H3;(H,6,7). The molecule has 172 valence electrons. The maximum absolute atomic E-state index is 10.6. The Kier molecular flexibility index (Phi) is 7.46. The number of fused-ring (bicyclic) bond motifs is 1. The van der Waals surface area contributed by atoms with Crippen molar-refractivity contribution in [2.24, 2.45) is 0 Å². The van der Waals surface area contributed by atoms with Crippen LogP contribution in [0.15, 0.2) is 47.5 Å². The lowest BCUT2D eigenvalue weighted by Crippen LogP contribution is -2.28. The van der Waals surface area contributed by atoms with Gasteiger partial charge in [-0.05, 0) is 25.2 Å². The number of nitrogens with zero attached hydrogens (tertiary/aromatic N) is 6. The molecular formula is C20H23F3N6O3. The molecule has 1 aliphatic rings. The van der Waals surface area contributed by atoms with E-state index in [1.54, 1.807) is 18.7 Å². The van der Waals surface area contributed by atoms with E-state index in [4.69, 9.17) is 14.3 Å². The van der Waals surface area contributed by atoms with Gasteiger partial charge in [0.05, 0.1) is 18.5 Å². The first-order valence-electron chi connectivity index (χ1n) is 9.80. The van der Waals surface area contributed by atoms with Crippen LogP contribution in [0.4, 0.5) is 19.1 Å². The van der Waals surface area contributed by atoms with Crippen LogP contribution in [0.3, 0.4) is 0 Å². The molecule has 9 nitrogen and oxygen atoms in total. The van der Waals surface area contributed by atoms with Crippen LogP contribution in [-0.2, 0) is 30.8 Å².